The van der Waals surface area contributed by atoms with Gasteiger partial charge in [-0.2, -0.15) is 0 Å². The first-order valence-corrected chi connectivity index (χ1v) is 12.4. The number of ketones is 1. The quantitative estimate of drug-likeness (QED) is 0.291. The van der Waals surface area contributed by atoms with Gasteiger partial charge in [-0.3, -0.25) is 9.59 Å². The van der Waals surface area contributed by atoms with Crippen molar-refractivity contribution in [1.29, 1.82) is 0 Å². The maximum absolute atomic E-state index is 13.3. The summed E-state index contributed by atoms with van der Waals surface area (Å²) < 4.78 is 6.19. The van der Waals surface area contributed by atoms with E-state index < -0.39 is 17.7 Å². The fraction of sp³-hybridized carbons (Fsp3) is 0.154. The van der Waals surface area contributed by atoms with Crippen LogP contribution in [-0.2, 0) is 11.2 Å². The zero-order chi connectivity index (χ0) is 23.8. The minimum Gasteiger partial charge on any atom is -0.503 e. The van der Waals surface area contributed by atoms with Gasteiger partial charge in [-0.05, 0) is 59.3 Å². The minimum atomic E-state index is -0.681. The predicted octanol–water partition coefficient (Wildman–Crippen LogP) is 5.82. The van der Waals surface area contributed by atoms with E-state index in [1.54, 1.807) is 29.5 Å². The lowest BCUT2D eigenvalue weighted by Crippen LogP contribution is -2.33. The third kappa shape index (κ3) is 3.93. The van der Waals surface area contributed by atoms with Gasteiger partial charge in [-0.1, -0.05) is 34.1 Å². The summed E-state index contributed by atoms with van der Waals surface area (Å²) in [6.07, 6.45) is 2.46. The second-order valence-corrected chi connectivity index (χ2v) is 9.86. The zero-order valence-electron chi connectivity index (χ0n) is 18.2. The Labute approximate surface area is 208 Å². The number of fused-ring (bicyclic) bond motifs is 1. The molecule has 3 heterocycles. The summed E-state index contributed by atoms with van der Waals surface area (Å²) >= 11 is 4.77. The van der Waals surface area contributed by atoms with Crippen molar-refractivity contribution in [3.8, 4) is 5.75 Å². The second-order valence-electron chi connectivity index (χ2n) is 8.00. The molecule has 0 aliphatic carbocycles. The van der Waals surface area contributed by atoms with E-state index in [-0.39, 0.29) is 11.4 Å². The average molecular weight is 537 g/mol. The monoisotopic (exact) mass is 536 g/mol. The topological polar surface area (TPSA) is 82.6 Å². The summed E-state index contributed by atoms with van der Waals surface area (Å²) in [7, 11) is 1.62. The highest BCUT2D eigenvalue weighted by Gasteiger charge is 2.43. The average Bonchev–Trinajstić information content (AvgIpc) is 3.57. The third-order valence-electron chi connectivity index (χ3n) is 6.05. The Morgan fingerprint density at radius 1 is 1.21 bits per heavy atom. The van der Waals surface area contributed by atoms with Gasteiger partial charge < -0.3 is 19.7 Å². The van der Waals surface area contributed by atoms with E-state index in [1.807, 2.05) is 48.7 Å². The SMILES string of the molecule is COc1ccc2[nH]cc(CCN3C(=O)C(O)=C(C(=O)c4cccs4)[C@H]3c3cccc(Br)c3)c2c1. The number of aromatic nitrogens is 1. The number of amides is 1. The molecule has 0 spiro atoms. The van der Waals surface area contributed by atoms with Crippen molar-refractivity contribution in [2.75, 3.05) is 13.7 Å². The number of aliphatic hydroxyl groups excluding tert-OH is 1. The molecule has 1 amide bonds. The number of nitrogens with one attached hydrogen (secondary N) is 1. The number of carbonyl (C=O) groups is 2. The summed E-state index contributed by atoms with van der Waals surface area (Å²) in [6, 6.07) is 16.1. The number of halogens is 1. The van der Waals surface area contributed by atoms with E-state index >= 15 is 0 Å². The van der Waals surface area contributed by atoms with Gasteiger partial charge in [-0.15, -0.1) is 11.3 Å². The molecule has 5 rings (SSSR count). The molecule has 172 valence electrons. The second kappa shape index (κ2) is 9.12. The normalized spacial score (nSPS) is 16.0. The van der Waals surface area contributed by atoms with Crippen molar-refractivity contribution in [1.82, 2.24) is 9.88 Å². The highest BCUT2D eigenvalue weighted by Crippen LogP contribution is 2.40. The van der Waals surface area contributed by atoms with Gasteiger partial charge in [0.1, 0.15) is 5.75 Å². The van der Waals surface area contributed by atoms with E-state index in [2.05, 4.69) is 20.9 Å². The van der Waals surface area contributed by atoms with Crippen LogP contribution in [0, 0.1) is 0 Å². The molecule has 0 saturated heterocycles. The number of methoxy groups -OCH3 is 1. The molecule has 1 aliphatic heterocycles. The third-order valence-corrected chi connectivity index (χ3v) is 7.42. The van der Waals surface area contributed by atoms with Crippen molar-refractivity contribution in [2.45, 2.75) is 12.5 Å². The van der Waals surface area contributed by atoms with Crippen molar-refractivity contribution in [2.24, 2.45) is 0 Å². The lowest BCUT2D eigenvalue weighted by Gasteiger charge is -2.27. The molecule has 4 aromatic rings. The van der Waals surface area contributed by atoms with Crippen LogP contribution in [0.2, 0.25) is 0 Å². The van der Waals surface area contributed by atoms with Crippen LogP contribution in [0.5, 0.6) is 5.75 Å². The van der Waals surface area contributed by atoms with Crippen LogP contribution in [0.4, 0.5) is 0 Å². The van der Waals surface area contributed by atoms with Gasteiger partial charge >= 0.3 is 0 Å². The number of rotatable bonds is 7. The molecule has 1 atom stereocenters. The molecule has 2 N–H and O–H groups in total. The van der Waals surface area contributed by atoms with E-state index in [9.17, 15) is 14.7 Å². The molecule has 0 saturated carbocycles. The summed E-state index contributed by atoms with van der Waals surface area (Å²) in [5.41, 5.74) is 2.87. The minimum absolute atomic E-state index is 0.117. The molecule has 0 unspecified atom stereocenters. The molecule has 1 aliphatic rings. The van der Waals surface area contributed by atoms with Gasteiger partial charge in [0.2, 0.25) is 5.78 Å². The Bertz CT molecular complexity index is 1420. The number of hydrogen-bond acceptors (Lipinski definition) is 5. The standard InChI is InChI=1S/C26H21BrN2O4S/c1-33-18-7-8-20-19(13-18)16(14-28-20)9-10-29-23(15-4-2-5-17(27)12-15)22(25(31)26(29)32)24(30)21-6-3-11-34-21/h2-8,11-14,23,28,31H,9-10H2,1H3/t23-/m1/s1. The molecule has 0 radical (unpaired) electrons. The number of hydrogen-bond donors (Lipinski definition) is 2. The number of ether oxygens (including phenoxy) is 1. The zero-order valence-corrected chi connectivity index (χ0v) is 20.7. The van der Waals surface area contributed by atoms with Gasteiger partial charge in [0.15, 0.2) is 5.76 Å². The van der Waals surface area contributed by atoms with Gasteiger partial charge in [0.25, 0.3) is 5.91 Å². The molecule has 0 fully saturated rings. The van der Waals surface area contributed by atoms with E-state index in [1.165, 1.54) is 11.3 Å². The number of nitrogens with zero attached hydrogens (tertiary/aromatic N) is 1. The molecule has 34 heavy (non-hydrogen) atoms. The summed E-state index contributed by atoms with van der Waals surface area (Å²) in [4.78, 5) is 31.9. The first-order chi connectivity index (χ1) is 16.5. The summed E-state index contributed by atoms with van der Waals surface area (Å²) in [6.45, 7) is 0.325. The van der Waals surface area contributed by atoms with Crippen molar-refractivity contribution < 1.29 is 19.4 Å². The van der Waals surface area contributed by atoms with Crippen LogP contribution in [0.3, 0.4) is 0 Å². The van der Waals surface area contributed by atoms with E-state index in [4.69, 9.17) is 4.74 Å². The number of carbonyl (C=O) groups excluding carboxylic acids is 2. The molecule has 0 bridgehead atoms. The van der Waals surface area contributed by atoms with Crippen molar-refractivity contribution >= 4 is 49.9 Å². The van der Waals surface area contributed by atoms with Crippen LogP contribution >= 0.6 is 27.3 Å². The number of aliphatic hydroxyl groups is 1. The summed E-state index contributed by atoms with van der Waals surface area (Å²) in [5, 5.41) is 13.6. The number of Topliss-reactive ketones (excluding diaryl/α,β-unsaturated/α-hetero) is 1. The number of aromatic amines is 1. The Kier molecular flexibility index (Phi) is 6.02. The van der Waals surface area contributed by atoms with E-state index in [0.29, 0.717) is 17.8 Å². The van der Waals surface area contributed by atoms with Crippen LogP contribution in [0.1, 0.15) is 26.8 Å². The highest BCUT2D eigenvalue weighted by atomic mass is 79.9. The van der Waals surface area contributed by atoms with E-state index in [0.717, 1.165) is 32.3 Å². The fourth-order valence-electron chi connectivity index (χ4n) is 4.41. The first-order valence-electron chi connectivity index (χ1n) is 10.7. The van der Waals surface area contributed by atoms with Crippen LogP contribution < -0.4 is 4.74 Å². The predicted molar refractivity (Wildman–Crippen MR) is 135 cm³/mol. The smallest absolute Gasteiger partial charge is 0.290 e. The Hall–Kier alpha value is -3.36. The molecule has 2 aromatic heterocycles. The number of benzene rings is 2. The fourth-order valence-corrected chi connectivity index (χ4v) is 5.51. The lowest BCUT2D eigenvalue weighted by molar-refractivity contribution is -0.129. The van der Waals surface area contributed by atoms with Crippen molar-refractivity contribution in [3.05, 3.63) is 98.0 Å². The highest BCUT2D eigenvalue weighted by molar-refractivity contribution is 9.10. The Morgan fingerprint density at radius 2 is 2.06 bits per heavy atom. The maximum atomic E-state index is 13.3. The lowest BCUT2D eigenvalue weighted by atomic mass is 9.95. The first kappa shape index (κ1) is 22.4. The maximum Gasteiger partial charge on any atom is 0.290 e. The van der Waals surface area contributed by atoms with Gasteiger partial charge in [0.05, 0.1) is 23.6 Å². The Balaban J connectivity index is 1.51. The molecular weight excluding hydrogens is 516 g/mol. The van der Waals surface area contributed by atoms with Crippen LogP contribution in [0.15, 0.2) is 82.0 Å². The molecule has 2 aromatic carbocycles. The van der Waals surface area contributed by atoms with Crippen LogP contribution in [0.25, 0.3) is 10.9 Å². The van der Waals surface area contributed by atoms with Gasteiger partial charge in [0, 0.05) is 28.1 Å². The van der Waals surface area contributed by atoms with Crippen molar-refractivity contribution in [3.63, 3.8) is 0 Å². The summed E-state index contributed by atoms with van der Waals surface area (Å²) in [5.74, 6) is -0.600. The molecule has 8 heteroatoms. The largest absolute Gasteiger partial charge is 0.503 e. The Morgan fingerprint density at radius 3 is 2.79 bits per heavy atom. The van der Waals surface area contributed by atoms with Gasteiger partial charge in [-0.25, -0.2) is 0 Å². The number of H-pyrrole nitrogens is 1. The number of thiophene rings is 1. The molecule has 6 nitrogen and oxygen atoms in total. The van der Waals surface area contributed by atoms with Crippen LogP contribution in [-0.4, -0.2) is 40.3 Å². The molecular formula is C26H21BrN2O4S.